The molecule has 0 aliphatic carbocycles. The third kappa shape index (κ3) is 2.58. The van der Waals surface area contributed by atoms with Crippen LogP contribution in [0.3, 0.4) is 0 Å². The Morgan fingerprint density at radius 1 is 1.58 bits per heavy atom. The molecule has 63 valence electrons. The van der Waals surface area contributed by atoms with E-state index in [0.29, 0.717) is 0 Å². The van der Waals surface area contributed by atoms with Crippen LogP contribution in [0.25, 0.3) is 0 Å². The van der Waals surface area contributed by atoms with Crippen LogP contribution in [0, 0.1) is 6.92 Å². The lowest BCUT2D eigenvalue weighted by atomic mass is 10.2. The van der Waals surface area contributed by atoms with Gasteiger partial charge in [-0.25, -0.2) is 0 Å². The fourth-order valence-corrected chi connectivity index (χ4v) is 0.992. The van der Waals surface area contributed by atoms with Crippen molar-refractivity contribution in [1.29, 1.82) is 0 Å². The number of benzene rings is 1. The summed E-state index contributed by atoms with van der Waals surface area (Å²) in [7, 11) is 0. The molecule has 3 heteroatoms. The van der Waals surface area contributed by atoms with Gasteiger partial charge >= 0.3 is 0 Å². The van der Waals surface area contributed by atoms with Gasteiger partial charge in [-0.1, -0.05) is 24.8 Å². The molecule has 1 aromatic carbocycles. The summed E-state index contributed by atoms with van der Waals surface area (Å²) in [5, 5.41) is 2.69. The first-order valence-corrected chi connectivity index (χ1v) is 4.25. The predicted molar refractivity (Wildman–Crippen MR) is 52.3 cm³/mol. The second-order valence-electron chi connectivity index (χ2n) is 2.56. The number of carbonyl (C=O) groups excluding carboxylic acids is 1. The molecule has 0 saturated heterocycles. The maximum absolute atomic E-state index is 10.9. The van der Waals surface area contributed by atoms with Crippen molar-refractivity contribution < 1.29 is 4.79 Å². The minimum absolute atomic E-state index is 0.105. The topological polar surface area (TPSA) is 29.1 Å². The minimum Gasteiger partial charge on any atom is -0.325 e. The number of nitrogens with one attached hydrogen (secondary N) is 1. The number of hydrogen-bond acceptors (Lipinski definition) is 1. The molecular weight excluding hydrogens is 170 g/mol. The summed E-state index contributed by atoms with van der Waals surface area (Å²) >= 11 is 4.59. The van der Waals surface area contributed by atoms with Gasteiger partial charge < -0.3 is 5.32 Å². The van der Waals surface area contributed by atoms with Crippen molar-refractivity contribution in [3.05, 3.63) is 29.8 Å². The van der Waals surface area contributed by atoms with E-state index in [1.54, 1.807) is 0 Å². The Morgan fingerprint density at radius 3 is 2.92 bits per heavy atom. The number of amides is 1. The van der Waals surface area contributed by atoms with Crippen LogP contribution in [0.4, 0.5) is 5.69 Å². The van der Waals surface area contributed by atoms with Crippen molar-refractivity contribution in [2.45, 2.75) is 6.92 Å². The molecular formula is C9H10NOS. The van der Waals surface area contributed by atoms with E-state index in [2.05, 4.69) is 17.9 Å². The highest BCUT2D eigenvalue weighted by molar-refractivity contribution is 7.81. The number of rotatable bonds is 2. The van der Waals surface area contributed by atoms with Crippen LogP contribution >= 0.6 is 12.6 Å². The van der Waals surface area contributed by atoms with Crippen molar-refractivity contribution in [1.82, 2.24) is 0 Å². The zero-order chi connectivity index (χ0) is 8.97. The van der Waals surface area contributed by atoms with E-state index >= 15 is 0 Å². The summed E-state index contributed by atoms with van der Waals surface area (Å²) in [6, 6.07) is 7.62. The van der Waals surface area contributed by atoms with Crippen LogP contribution in [0.1, 0.15) is 5.56 Å². The van der Waals surface area contributed by atoms with Crippen molar-refractivity contribution >= 4 is 24.2 Å². The quantitative estimate of drug-likeness (QED) is 0.742. The summed E-state index contributed by atoms with van der Waals surface area (Å²) < 4.78 is 0. The summed E-state index contributed by atoms with van der Waals surface area (Å²) in [5.74, 6) is -0.0240. The Bertz CT molecular complexity index is 286. The second-order valence-corrected chi connectivity index (χ2v) is 2.85. The van der Waals surface area contributed by atoms with Crippen LogP contribution < -0.4 is 5.32 Å². The lowest BCUT2D eigenvalue weighted by molar-refractivity contribution is -0.113. The SMILES string of the molecule is Cc1cccc(NC(=O)C[S])c1. The van der Waals surface area contributed by atoms with E-state index < -0.39 is 0 Å². The van der Waals surface area contributed by atoms with Crippen LogP contribution in [0.2, 0.25) is 0 Å². The molecule has 2 nitrogen and oxygen atoms in total. The molecule has 0 spiro atoms. The molecule has 0 unspecified atom stereocenters. The van der Waals surface area contributed by atoms with E-state index in [9.17, 15) is 4.79 Å². The minimum atomic E-state index is -0.129. The molecule has 0 aliphatic rings. The molecule has 1 N–H and O–H groups in total. The molecule has 0 saturated carbocycles. The first-order valence-electron chi connectivity index (χ1n) is 3.67. The van der Waals surface area contributed by atoms with Crippen LogP contribution in [-0.4, -0.2) is 11.7 Å². The highest BCUT2D eigenvalue weighted by Crippen LogP contribution is 2.08. The van der Waals surface area contributed by atoms with Gasteiger partial charge in [0.05, 0.1) is 5.75 Å². The molecule has 1 rings (SSSR count). The van der Waals surface area contributed by atoms with Crippen molar-refractivity contribution in [3.63, 3.8) is 0 Å². The third-order valence-electron chi connectivity index (χ3n) is 1.43. The number of aryl methyl sites for hydroxylation is 1. The molecule has 12 heavy (non-hydrogen) atoms. The van der Waals surface area contributed by atoms with Gasteiger partial charge in [-0.05, 0) is 24.6 Å². The van der Waals surface area contributed by atoms with E-state index in [4.69, 9.17) is 0 Å². The van der Waals surface area contributed by atoms with Gasteiger partial charge in [0.1, 0.15) is 0 Å². The molecule has 0 heterocycles. The van der Waals surface area contributed by atoms with Crippen LogP contribution in [-0.2, 0) is 4.79 Å². The maximum atomic E-state index is 10.9. The summed E-state index contributed by atoms with van der Waals surface area (Å²) in [5.41, 5.74) is 1.93. The van der Waals surface area contributed by atoms with Gasteiger partial charge in [-0.15, -0.1) is 0 Å². The van der Waals surface area contributed by atoms with Gasteiger partial charge in [0.25, 0.3) is 0 Å². The number of anilines is 1. The first-order chi connectivity index (χ1) is 5.72. The van der Waals surface area contributed by atoms with Crippen LogP contribution in [0.5, 0.6) is 0 Å². The normalized spacial score (nSPS) is 9.50. The lowest BCUT2D eigenvalue weighted by Crippen LogP contribution is -2.12. The summed E-state index contributed by atoms with van der Waals surface area (Å²) in [6.45, 7) is 1.98. The maximum Gasteiger partial charge on any atom is 0.235 e. The monoisotopic (exact) mass is 180 g/mol. The predicted octanol–water partition coefficient (Wildman–Crippen LogP) is 2.13. The molecule has 1 aromatic rings. The molecule has 0 fully saturated rings. The Balaban J connectivity index is 2.69. The molecule has 1 radical (unpaired) electrons. The lowest BCUT2D eigenvalue weighted by Gasteiger charge is -2.02. The third-order valence-corrected chi connectivity index (χ3v) is 1.70. The zero-order valence-electron chi connectivity index (χ0n) is 6.83. The largest absolute Gasteiger partial charge is 0.325 e. The summed E-state index contributed by atoms with van der Waals surface area (Å²) in [6.07, 6.45) is 0. The van der Waals surface area contributed by atoms with E-state index in [1.807, 2.05) is 31.2 Å². The van der Waals surface area contributed by atoms with Crippen LogP contribution in [0.15, 0.2) is 24.3 Å². The van der Waals surface area contributed by atoms with Gasteiger partial charge in [0.15, 0.2) is 0 Å². The summed E-state index contributed by atoms with van der Waals surface area (Å²) in [4.78, 5) is 10.9. The number of carbonyl (C=O) groups is 1. The van der Waals surface area contributed by atoms with Gasteiger partial charge in [0.2, 0.25) is 5.91 Å². The Morgan fingerprint density at radius 2 is 2.33 bits per heavy atom. The Hall–Kier alpha value is -0.960. The van der Waals surface area contributed by atoms with Crippen molar-refractivity contribution in [2.75, 3.05) is 11.1 Å². The molecule has 1 amide bonds. The standard InChI is InChI=1S/C9H10NOS/c1-7-3-2-4-8(5-7)10-9(11)6-12/h2-5H,6H2,1H3,(H,10,11). The van der Waals surface area contributed by atoms with E-state index in [1.165, 1.54) is 0 Å². The van der Waals surface area contributed by atoms with Gasteiger partial charge in [0, 0.05) is 5.69 Å². The molecule has 0 bridgehead atoms. The average Bonchev–Trinajstić information content (AvgIpc) is 2.04. The van der Waals surface area contributed by atoms with Crippen molar-refractivity contribution in [3.8, 4) is 0 Å². The molecule has 0 aliphatic heterocycles. The zero-order valence-corrected chi connectivity index (χ0v) is 7.65. The fraction of sp³-hybridized carbons (Fsp3) is 0.222. The van der Waals surface area contributed by atoms with E-state index in [-0.39, 0.29) is 11.7 Å². The molecule has 0 aromatic heterocycles. The van der Waals surface area contributed by atoms with Gasteiger partial charge in [-0.3, -0.25) is 4.79 Å². The highest BCUT2D eigenvalue weighted by atomic mass is 32.1. The Kier molecular flexibility index (Phi) is 3.17. The van der Waals surface area contributed by atoms with Crippen molar-refractivity contribution in [2.24, 2.45) is 0 Å². The Labute approximate surface area is 77.4 Å². The first kappa shape index (κ1) is 9.13. The van der Waals surface area contributed by atoms with Gasteiger partial charge in [-0.2, -0.15) is 0 Å². The second kappa shape index (κ2) is 4.16. The fourth-order valence-electron chi connectivity index (χ4n) is 0.920. The highest BCUT2D eigenvalue weighted by Gasteiger charge is 1.98. The number of hydrogen-bond donors (Lipinski definition) is 1. The molecule has 0 atom stereocenters. The van der Waals surface area contributed by atoms with E-state index in [0.717, 1.165) is 11.3 Å². The smallest absolute Gasteiger partial charge is 0.235 e. The average molecular weight is 180 g/mol.